The molecule has 4 heterocycles. The van der Waals surface area contributed by atoms with Gasteiger partial charge in [-0.15, -0.1) is 0 Å². The second-order valence-corrected chi connectivity index (χ2v) is 13.9. The number of amides is 4. The number of hydrogen-bond donors (Lipinski definition) is 6. The Kier molecular flexibility index (Phi) is 9.80. The van der Waals surface area contributed by atoms with E-state index in [1.54, 1.807) is 58.3 Å². The van der Waals surface area contributed by atoms with Gasteiger partial charge in [-0.05, 0) is 73.2 Å². The van der Waals surface area contributed by atoms with Crippen LogP contribution in [0.2, 0.25) is 0 Å². The quantitative estimate of drug-likeness (QED) is 0.0992. The molecule has 2 aromatic heterocycles. The number of imidazole rings is 2. The van der Waals surface area contributed by atoms with E-state index >= 15 is 0 Å². The standard InChI is InChI=1S/C42H38N8O6/c51-39(35(47-41(53)54)27-9-3-1-4-10-27)49-21-7-13-33(49)37-43-29-19-17-25(23-31(29)45-37)15-16-26-18-20-30-32(24-26)46-38(44-30)34-14-8-22-50(34)40(52)36(48-42(55)56)28-11-5-2-6-12-28/h1-6,9-12,17-20,23-24,33-36,47-48H,7-8,13-14,21-22H2,(H,43,45)(H,44,46)(H,53,54)(H,55,56)/t33-,34-,35+,36+/m0/s1. The summed E-state index contributed by atoms with van der Waals surface area (Å²) in [4.78, 5) is 70.5. The van der Waals surface area contributed by atoms with E-state index in [2.05, 4.69) is 32.4 Å². The van der Waals surface area contributed by atoms with Crippen molar-refractivity contribution >= 4 is 46.1 Å². The second kappa shape index (κ2) is 15.3. The first-order valence-electron chi connectivity index (χ1n) is 18.4. The lowest BCUT2D eigenvalue weighted by Gasteiger charge is -2.28. The van der Waals surface area contributed by atoms with Gasteiger partial charge in [-0.1, -0.05) is 72.5 Å². The van der Waals surface area contributed by atoms with E-state index in [4.69, 9.17) is 9.97 Å². The van der Waals surface area contributed by atoms with E-state index in [0.717, 1.165) is 46.0 Å². The monoisotopic (exact) mass is 750 g/mol. The van der Waals surface area contributed by atoms with Gasteiger partial charge < -0.3 is 40.6 Å². The number of rotatable bonds is 8. The predicted octanol–water partition coefficient (Wildman–Crippen LogP) is 6.18. The summed E-state index contributed by atoms with van der Waals surface area (Å²) in [6.45, 7) is 0.972. The molecule has 2 aliphatic heterocycles. The van der Waals surface area contributed by atoms with Gasteiger partial charge in [0.05, 0.1) is 34.2 Å². The third kappa shape index (κ3) is 7.34. The summed E-state index contributed by atoms with van der Waals surface area (Å²) in [5.74, 6) is 7.09. The number of nitrogens with one attached hydrogen (secondary N) is 4. The van der Waals surface area contributed by atoms with Gasteiger partial charge >= 0.3 is 12.2 Å². The van der Waals surface area contributed by atoms with Crippen molar-refractivity contribution in [3.8, 4) is 11.8 Å². The normalized spacial score (nSPS) is 17.6. The Labute approximate surface area is 321 Å². The van der Waals surface area contributed by atoms with Crippen LogP contribution in [0.15, 0.2) is 97.1 Å². The van der Waals surface area contributed by atoms with Crippen LogP contribution < -0.4 is 10.6 Å². The molecular weight excluding hydrogens is 713 g/mol. The Morgan fingerprint density at radius 2 is 1.04 bits per heavy atom. The molecule has 0 saturated carbocycles. The zero-order chi connectivity index (χ0) is 38.8. The number of benzene rings is 4. The minimum absolute atomic E-state index is 0.326. The van der Waals surface area contributed by atoms with Gasteiger partial charge in [0, 0.05) is 24.2 Å². The maximum absolute atomic E-state index is 13.7. The molecular formula is C42H38N8O6. The maximum atomic E-state index is 13.7. The van der Waals surface area contributed by atoms with Crippen LogP contribution in [0.25, 0.3) is 22.1 Å². The zero-order valence-corrected chi connectivity index (χ0v) is 30.1. The first-order chi connectivity index (χ1) is 27.2. The highest BCUT2D eigenvalue weighted by molar-refractivity contribution is 5.88. The number of nitrogens with zero attached hydrogens (tertiary/aromatic N) is 4. The Hall–Kier alpha value is -7.14. The molecule has 6 N–H and O–H groups in total. The molecule has 0 aliphatic carbocycles. The summed E-state index contributed by atoms with van der Waals surface area (Å²) >= 11 is 0. The second-order valence-electron chi connectivity index (χ2n) is 13.9. The molecule has 0 spiro atoms. The number of fused-ring (bicyclic) bond motifs is 2. The van der Waals surface area contributed by atoms with Crippen molar-refractivity contribution in [3.63, 3.8) is 0 Å². The maximum Gasteiger partial charge on any atom is 0.405 e. The molecule has 0 radical (unpaired) electrons. The Morgan fingerprint density at radius 3 is 1.43 bits per heavy atom. The van der Waals surface area contributed by atoms with Crippen LogP contribution in [-0.2, 0) is 9.59 Å². The Balaban J connectivity index is 0.990. The number of carbonyl (C=O) groups excluding carboxylic acids is 2. The molecule has 0 unspecified atom stereocenters. The fraction of sp³-hybridized carbons (Fsp3) is 0.238. The van der Waals surface area contributed by atoms with E-state index in [0.29, 0.717) is 48.7 Å². The van der Waals surface area contributed by atoms with Crippen LogP contribution in [-0.4, -0.2) is 77.0 Å². The molecule has 14 heteroatoms. The van der Waals surface area contributed by atoms with Crippen LogP contribution in [0.1, 0.15) is 83.8 Å². The largest absolute Gasteiger partial charge is 0.465 e. The fourth-order valence-electron chi connectivity index (χ4n) is 7.75. The average molecular weight is 751 g/mol. The van der Waals surface area contributed by atoms with Crippen molar-refractivity contribution in [2.24, 2.45) is 0 Å². The van der Waals surface area contributed by atoms with Crippen molar-refractivity contribution in [2.45, 2.75) is 49.9 Å². The lowest BCUT2D eigenvalue weighted by Crippen LogP contribution is -2.42. The van der Waals surface area contributed by atoms with E-state index in [1.807, 2.05) is 48.5 Å². The predicted molar refractivity (Wildman–Crippen MR) is 206 cm³/mol. The SMILES string of the molecule is O=C(O)N[C@@H](C(=O)N1CCC[C@H]1c1nc2ccc(C#Cc3ccc4nc([C@@H]5CCCN5C(=O)[C@H](NC(=O)O)c5ccccc5)[nH]c4c3)cc2[nH]1)c1ccccc1. The highest BCUT2D eigenvalue weighted by atomic mass is 16.4. The number of aromatic amines is 2. The number of aromatic nitrogens is 4. The van der Waals surface area contributed by atoms with E-state index in [-0.39, 0.29) is 23.9 Å². The van der Waals surface area contributed by atoms with Crippen LogP contribution in [0.5, 0.6) is 0 Å². The number of likely N-dealkylation sites (tertiary alicyclic amines) is 2. The summed E-state index contributed by atoms with van der Waals surface area (Å²) in [7, 11) is 0. The average Bonchev–Trinajstić information content (AvgIpc) is 4.03. The molecule has 4 aromatic carbocycles. The third-order valence-electron chi connectivity index (χ3n) is 10.3. The van der Waals surface area contributed by atoms with Gasteiger partial charge in [0.15, 0.2) is 0 Å². The molecule has 2 saturated heterocycles. The van der Waals surface area contributed by atoms with Crippen molar-refractivity contribution < 1.29 is 29.4 Å². The molecule has 0 bridgehead atoms. The first kappa shape index (κ1) is 35.9. The molecule has 282 valence electrons. The number of hydrogen-bond acceptors (Lipinski definition) is 6. The summed E-state index contributed by atoms with van der Waals surface area (Å²) in [6.07, 6.45) is 0.356. The van der Waals surface area contributed by atoms with Gasteiger partial charge in [-0.3, -0.25) is 9.59 Å². The van der Waals surface area contributed by atoms with Crippen LogP contribution >= 0.6 is 0 Å². The lowest BCUT2D eigenvalue weighted by molar-refractivity contribution is -0.135. The molecule has 4 amide bonds. The van der Waals surface area contributed by atoms with Gasteiger partial charge in [-0.2, -0.15) is 0 Å². The minimum Gasteiger partial charge on any atom is -0.465 e. The van der Waals surface area contributed by atoms with Crippen molar-refractivity contribution in [1.29, 1.82) is 0 Å². The first-order valence-corrected chi connectivity index (χ1v) is 18.4. The summed E-state index contributed by atoms with van der Waals surface area (Å²) in [5.41, 5.74) is 5.66. The molecule has 56 heavy (non-hydrogen) atoms. The Bertz CT molecular complexity index is 2330. The van der Waals surface area contributed by atoms with E-state index < -0.39 is 24.3 Å². The molecule has 8 rings (SSSR count). The van der Waals surface area contributed by atoms with Gasteiger partial charge in [0.1, 0.15) is 23.7 Å². The third-order valence-corrected chi connectivity index (χ3v) is 10.3. The van der Waals surface area contributed by atoms with Gasteiger partial charge in [0.25, 0.3) is 11.8 Å². The molecule has 2 fully saturated rings. The summed E-state index contributed by atoms with van der Waals surface area (Å²) in [6, 6.07) is 26.3. The highest BCUT2D eigenvalue weighted by Gasteiger charge is 2.38. The number of carbonyl (C=O) groups is 4. The van der Waals surface area contributed by atoms with E-state index in [9.17, 15) is 29.4 Å². The van der Waals surface area contributed by atoms with E-state index in [1.165, 1.54) is 0 Å². The topological polar surface area (TPSA) is 197 Å². The number of H-pyrrole nitrogens is 2. The molecule has 6 aromatic rings. The Morgan fingerprint density at radius 1 is 0.625 bits per heavy atom. The molecule has 14 nitrogen and oxygen atoms in total. The minimum atomic E-state index is -1.27. The lowest BCUT2D eigenvalue weighted by atomic mass is 10.1. The number of carboxylic acid groups (broad SMARTS) is 2. The van der Waals surface area contributed by atoms with Crippen LogP contribution in [0, 0.1) is 11.8 Å². The van der Waals surface area contributed by atoms with Gasteiger partial charge in [-0.25, -0.2) is 19.6 Å². The highest BCUT2D eigenvalue weighted by Crippen LogP contribution is 2.35. The molecule has 2 aliphatic rings. The smallest absolute Gasteiger partial charge is 0.405 e. The van der Waals surface area contributed by atoms with Crippen LogP contribution in [0.3, 0.4) is 0 Å². The van der Waals surface area contributed by atoms with Crippen molar-refractivity contribution in [1.82, 2.24) is 40.4 Å². The van der Waals surface area contributed by atoms with Crippen LogP contribution in [0.4, 0.5) is 9.59 Å². The van der Waals surface area contributed by atoms with Crippen molar-refractivity contribution in [2.75, 3.05) is 13.1 Å². The van der Waals surface area contributed by atoms with Crippen molar-refractivity contribution in [3.05, 3.63) is 131 Å². The zero-order valence-electron chi connectivity index (χ0n) is 30.1. The summed E-state index contributed by atoms with van der Waals surface area (Å²) in [5, 5.41) is 23.8. The summed E-state index contributed by atoms with van der Waals surface area (Å²) < 4.78 is 0. The molecule has 4 atom stereocenters. The van der Waals surface area contributed by atoms with Gasteiger partial charge in [0.2, 0.25) is 0 Å². The fourth-order valence-corrected chi connectivity index (χ4v) is 7.75.